The van der Waals surface area contributed by atoms with Crippen molar-refractivity contribution in [3.63, 3.8) is 0 Å². The van der Waals surface area contributed by atoms with Crippen LogP contribution in [0, 0.1) is 11.3 Å². The van der Waals surface area contributed by atoms with Crippen LogP contribution < -0.4 is 15.4 Å². The Hall–Kier alpha value is -2.93. The van der Waals surface area contributed by atoms with Crippen molar-refractivity contribution < 1.29 is 27.9 Å². The first-order chi connectivity index (χ1) is 14.4. The molecule has 0 aliphatic rings. The number of Topliss-reactive ketones (excluding diaryl/α,β-unsaturated/α-hetero) is 1. The standard InChI is InChI=1S/C21H25F2N3O4S/c1-13(18(11-24)19(29)25-12-20(4,22)23)21(31,15(3)28)14(2)26-16-6-5-7-17(10-16)30-9-8-27/h5-8,10,14,26,31H,9,12H2,1-4H3,(H,25,29). The summed E-state index contributed by atoms with van der Waals surface area (Å²) in [6, 6.07) is 7.58. The molecule has 1 aromatic carbocycles. The van der Waals surface area contributed by atoms with Crippen LogP contribution in [-0.4, -0.2) is 47.8 Å². The summed E-state index contributed by atoms with van der Waals surface area (Å²) in [7, 11) is 0. The average Bonchev–Trinajstić information content (AvgIpc) is 2.70. The second-order valence-electron chi connectivity index (χ2n) is 7.06. The first-order valence-electron chi connectivity index (χ1n) is 9.30. The van der Waals surface area contributed by atoms with Gasteiger partial charge < -0.3 is 15.4 Å². The number of carbonyl (C=O) groups excluding carboxylic acids is 3. The van der Waals surface area contributed by atoms with Gasteiger partial charge in [-0.3, -0.25) is 14.4 Å². The molecule has 168 valence electrons. The third-order valence-electron chi connectivity index (χ3n) is 4.54. The monoisotopic (exact) mass is 453 g/mol. The summed E-state index contributed by atoms with van der Waals surface area (Å²) in [5, 5.41) is 14.5. The molecule has 0 saturated carbocycles. The lowest BCUT2D eigenvalue weighted by Gasteiger charge is -2.35. The second kappa shape index (κ2) is 10.9. The number of anilines is 1. The highest BCUT2D eigenvalue weighted by Gasteiger charge is 2.42. The molecule has 0 aromatic heterocycles. The van der Waals surface area contributed by atoms with Crippen molar-refractivity contribution in [3.8, 4) is 11.8 Å². The number of nitriles is 1. The molecule has 1 rings (SSSR count). The van der Waals surface area contributed by atoms with E-state index in [1.807, 2.05) is 5.32 Å². The predicted molar refractivity (Wildman–Crippen MR) is 115 cm³/mol. The molecule has 0 aliphatic carbocycles. The van der Waals surface area contributed by atoms with Crippen molar-refractivity contribution in [1.29, 1.82) is 5.26 Å². The maximum Gasteiger partial charge on any atom is 0.262 e. The number of carbonyl (C=O) groups is 3. The fraction of sp³-hybridized carbons (Fsp3) is 0.429. The maximum atomic E-state index is 13.1. The molecule has 0 saturated heterocycles. The number of ether oxygens (including phenoxy) is 1. The van der Waals surface area contributed by atoms with Gasteiger partial charge in [-0.15, -0.1) is 0 Å². The topological polar surface area (TPSA) is 108 Å². The molecule has 1 amide bonds. The molecule has 0 heterocycles. The number of thiol groups is 1. The number of ketones is 1. The molecule has 0 radical (unpaired) electrons. The van der Waals surface area contributed by atoms with Crippen LogP contribution in [0.2, 0.25) is 0 Å². The number of hydrogen-bond donors (Lipinski definition) is 3. The zero-order valence-corrected chi connectivity index (χ0v) is 18.6. The molecule has 2 N–H and O–H groups in total. The lowest BCUT2D eigenvalue weighted by Crippen LogP contribution is -2.48. The van der Waals surface area contributed by atoms with Crippen molar-refractivity contribution in [1.82, 2.24) is 5.32 Å². The number of hydrogen-bond acceptors (Lipinski definition) is 7. The van der Waals surface area contributed by atoms with Crippen LogP contribution in [0.5, 0.6) is 5.75 Å². The molecule has 0 fully saturated rings. The molecular formula is C21H25F2N3O4S. The van der Waals surface area contributed by atoms with Gasteiger partial charge in [-0.2, -0.15) is 17.9 Å². The number of alkyl halides is 2. The fourth-order valence-electron chi connectivity index (χ4n) is 2.87. The summed E-state index contributed by atoms with van der Waals surface area (Å²) in [5.74, 6) is -4.21. The Kier molecular flexibility index (Phi) is 9.19. The lowest BCUT2D eigenvalue weighted by molar-refractivity contribution is -0.119. The smallest absolute Gasteiger partial charge is 0.262 e. The van der Waals surface area contributed by atoms with Crippen LogP contribution in [0.3, 0.4) is 0 Å². The molecule has 2 atom stereocenters. The van der Waals surface area contributed by atoms with Crippen molar-refractivity contribution in [3.05, 3.63) is 35.4 Å². The number of amides is 1. The van der Waals surface area contributed by atoms with E-state index >= 15 is 0 Å². The summed E-state index contributed by atoms with van der Waals surface area (Å²) < 4.78 is 29.8. The van der Waals surface area contributed by atoms with E-state index in [0.717, 1.165) is 0 Å². The molecule has 0 aliphatic heterocycles. The van der Waals surface area contributed by atoms with E-state index in [9.17, 15) is 28.4 Å². The largest absolute Gasteiger partial charge is 0.486 e. The summed E-state index contributed by atoms with van der Waals surface area (Å²) in [5.41, 5.74) is 0.0965. The van der Waals surface area contributed by atoms with E-state index in [-0.39, 0.29) is 12.2 Å². The van der Waals surface area contributed by atoms with E-state index < -0.39 is 40.5 Å². The quantitative estimate of drug-likeness (QED) is 0.206. The first-order valence-corrected chi connectivity index (χ1v) is 9.75. The first kappa shape index (κ1) is 26.1. The highest BCUT2D eigenvalue weighted by Crippen LogP contribution is 2.34. The van der Waals surface area contributed by atoms with Gasteiger partial charge in [0.05, 0.1) is 6.54 Å². The van der Waals surface area contributed by atoms with Gasteiger partial charge in [-0.1, -0.05) is 6.07 Å². The number of halogens is 2. The Labute approximate surface area is 185 Å². The lowest BCUT2D eigenvalue weighted by atomic mass is 9.85. The van der Waals surface area contributed by atoms with Crippen LogP contribution in [0.4, 0.5) is 14.5 Å². The Morgan fingerprint density at radius 3 is 2.52 bits per heavy atom. The highest BCUT2D eigenvalue weighted by molar-refractivity contribution is 7.83. The molecule has 10 heteroatoms. The van der Waals surface area contributed by atoms with Crippen molar-refractivity contribution in [2.75, 3.05) is 18.5 Å². The summed E-state index contributed by atoms with van der Waals surface area (Å²) in [6.45, 7) is 3.83. The number of nitrogens with one attached hydrogen (secondary N) is 2. The van der Waals surface area contributed by atoms with Gasteiger partial charge in [-0.05, 0) is 38.5 Å². The summed E-state index contributed by atoms with van der Waals surface area (Å²) in [6.07, 6.45) is 0.605. The van der Waals surface area contributed by atoms with Crippen molar-refractivity contribution >= 4 is 36.3 Å². The van der Waals surface area contributed by atoms with Gasteiger partial charge in [0.25, 0.3) is 11.8 Å². The Morgan fingerprint density at radius 2 is 2.00 bits per heavy atom. The number of aldehydes is 1. The zero-order chi connectivity index (χ0) is 23.8. The van der Waals surface area contributed by atoms with Crippen molar-refractivity contribution in [2.45, 2.75) is 44.4 Å². The van der Waals surface area contributed by atoms with Crippen molar-refractivity contribution in [2.24, 2.45) is 0 Å². The molecular weight excluding hydrogens is 428 g/mol. The highest BCUT2D eigenvalue weighted by atomic mass is 32.1. The minimum absolute atomic E-state index is 0.0242. The van der Waals surface area contributed by atoms with Gasteiger partial charge >= 0.3 is 0 Å². The third kappa shape index (κ3) is 7.07. The maximum absolute atomic E-state index is 13.1. The number of rotatable bonds is 11. The summed E-state index contributed by atoms with van der Waals surface area (Å²) in [4.78, 5) is 35.3. The third-order valence-corrected chi connectivity index (χ3v) is 5.58. The number of benzene rings is 1. The molecule has 7 nitrogen and oxygen atoms in total. The minimum Gasteiger partial charge on any atom is -0.486 e. The predicted octanol–water partition coefficient (Wildman–Crippen LogP) is 2.93. The average molecular weight is 454 g/mol. The zero-order valence-electron chi connectivity index (χ0n) is 17.7. The Morgan fingerprint density at radius 1 is 1.35 bits per heavy atom. The van der Waals surface area contributed by atoms with Crippen LogP contribution in [0.15, 0.2) is 35.4 Å². The van der Waals surface area contributed by atoms with E-state index in [1.54, 1.807) is 37.3 Å². The van der Waals surface area contributed by atoms with E-state index in [0.29, 0.717) is 24.6 Å². The molecule has 31 heavy (non-hydrogen) atoms. The Bertz CT molecular complexity index is 909. The summed E-state index contributed by atoms with van der Waals surface area (Å²) >= 11 is 4.50. The van der Waals surface area contributed by atoms with Crippen LogP contribution in [-0.2, 0) is 14.4 Å². The fourth-order valence-corrected chi connectivity index (χ4v) is 3.05. The second-order valence-corrected chi connectivity index (χ2v) is 7.76. The van der Waals surface area contributed by atoms with E-state index in [1.165, 1.54) is 13.8 Å². The van der Waals surface area contributed by atoms with Gasteiger partial charge in [0, 0.05) is 24.7 Å². The van der Waals surface area contributed by atoms with Gasteiger partial charge in [0.1, 0.15) is 28.7 Å². The van der Waals surface area contributed by atoms with Gasteiger partial charge in [0.2, 0.25) is 0 Å². The van der Waals surface area contributed by atoms with Crippen LogP contribution in [0.1, 0.15) is 27.7 Å². The van der Waals surface area contributed by atoms with Gasteiger partial charge in [-0.25, -0.2) is 8.78 Å². The number of nitrogens with zero attached hydrogens (tertiary/aromatic N) is 1. The Balaban J connectivity index is 3.24. The van der Waals surface area contributed by atoms with E-state index in [4.69, 9.17) is 4.74 Å². The SMILES string of the molecule is CC(=O)C(S)(C(C)=C(C#N)C(=O)NCC(C)(F)F)C(C)Nc1cccc(OCC=O)c1. The normalized spacial score (nSPS) is 14.9. The van der Waals surface area contributed by atoms with Crippen LogP contribution >= 0.6 is 12.6 Å². The van der Waals surface area contributed by atoms with Crippen LogP contribution in [0.25, 0.3) is 0 Å². The van der Waals surface area contributed by atoms with Gasteiger partial charge in [0.15, 0.2) is 12.1 Å². The molecule has 0 bridgehead atoms. The molecule has 2 unspecified atom stereocenters. The minimum atomic E-state index is -3.16. The van der Waals surface area contributed by atoms with E-state index in [2.05, 4.69) is 17.9 Å². The molecule has 0 spiro atoms. The molecule has 1 aromatic rings.